The summed E-state index contributed by atoms with van der Waals surface area (Å²) in [4.78, 5) is 24.1. The summed E-state index contributed by atoms with van der Waals surface area (Å²) < 4.78 is 6.40. The van der Waals surface area contributed by atoms with Crippen molar-refractivity contribution < 1.29 is 19.4 Å². The van der Waals surface area contributed by atoms with Crippen LogP contribution >= 0.6 is 27.5 Å². The summed E-state index contributed by atoms with van der Waals surface area (Å²) in [5, 5.41) is 9.97. The summed E-state index contributed by atoms with van der Waals surface area (Å²) in [6, 6.07) is 4.70. The van der Waals surface area contributed by atoms with Crippen LogP contribution in [-0.2, 0) is 4.79 Å². The Balaban J connectivity index is 2.98. The number of carbonyl (C=O) groups is 2. The fourth-order valence-electron chi connectivity index (χ4n) is 2.37. The van der Waals surface area contributed by atoms with Crippen molar-refractivity contribution in [2.24, 2.45) is 5.73 Å². The summed E-state index contributed by atoms with van der Waals surface area (Å²) in [6.07, 6.45) is -0.745. The fraction of sp³-hybridized carbons (Fsp3) is 0.500. The van der Waals surface area contributed by atoms with Crippen LogP contribution in [0, 0.1) is 0 Å². The van der Waals surface area contributed by atoms with Crippen LogP contribution in [0.25, 0.3) is 0 Å². The molecule has 1 aromatic carbocycles. The molecule has 3 N–H and O–H groups in total. The van der Waals surface area contributed by atoms with Crippen LogP contribution in [0.2, 0.25) is 5.02 Å². The van der Waals surface area contributed by atoms with Crippen LogP contribution in [0.1, 0.15) is 33.6 Å². The second-order valence-corrected chi connectivity index (χ2v) is 7.58. The minimum absolute atomic E-state index is 0.0625. The van der Waals surface area contributed by atoms with E-state index in [9.17, 15) is 14.7 Å². The Morgan fingerprint density at radius 1 is 1.42 bits per heavy atom. The molecular weight excluding hydrogens is 400 g/mol. The largest absolute Gasteiger partial charge is 0.490 e. The number of hydrogen-bond donors (Lipinski definition) is 2. The predicted octanol–water partition coefficient (Wildman–Crippen LogP) is 3.89. The molecule has 1 rings (SSSR count). The quantitative estimate of drug-likeness (QED) is 0.698. The van der Waals surface area contributed by atoms with Gasteiger partial charge in [-0.2, -0.15) is 0 Å². The van der Waals surface area contributed by atoms with E-state index >= 15 is 0 Å². The van der Waals surface area contributed by atoms with Gasteiger partial charge in [0.25, 0.3) is 0 Å². The minimum atomic E-state index is -1.08. The summed E-state index contributed by atoms with van der Waals surface area (Å²) in [6.45, 7) is 5.41. The normalized spacial score (nSPS) is 12.5. The molecule has 0 unspecified atom stereocenters. The average molecular weight is 422 g/mol. The van der Waals surface area contributed by atoms with Crippen LogP contribution in [-0.4, -0.2) is 40.2 Å². The first-order valence-corrected chi connectivity index (χ1v) is 8.58. The van der Waals surface area contributed by atoms with Crippen molar-refractivity contribution in [1.29, 1.82) is 0 Å². The summed E-state index contributed by atoms with van der Waals surface area (Å²) >= 11 is 9.47. The molecule has 0 aromatic heterocycles. The molecule has 2 amide bonds. The van der Waals surface area contributed by atoms with E-state index in [2.05, 4.69) is 15.9 Å². The number of nitrogens with zero attached hydrogens (tertiary/aromatic N) is 1. The van der Waals surface area contributed by atoms with Crippen LogP contribution in [0.5, 0.6) is 5.75 Å². The van der Waals surface area contributed by atoms with Crippen LogP contribution < -0.4 is 10.5 Å². The molecule has 0 bridgehead atoms. The number of ether oxygens (including phenoxy) is 1. The lowest BCUT2D eigenvalue weighted by Crippen LogP contribution is -2.53. The number of hydrogen-bond acceptors (Lipinski definition) is 3. The number of halogens is 2. The second kappa shape index (κ2) is 8.58. The van der Waals surface area contributed by atoms with Gasteiger partial charge in [-0.05, 0) is 55.3 Å². The molecule has 1 aromatic rings. The highest BCUT2D eigenvalue weighted by atomic mass is 79.9. The predicted molar refractivity (Wildman–Crippen MR) is 96.5 cm³/mol. The summed E-state index contributed by atoms with van der Waals surface area (Å²) in [7, 11) is 0. The highest BCUT2D eigenvalue weighted by Crippen LogP contribution is 2.32. The molecule has 0 aliphatic carbocycles. The SMILES string of the molecule is CC(C)(C)N(C(=O)O)[C@@H](CCC(N)=O)COc1cccc(Br)c1Cl. The lowest BCUT2D eigenvalue weighted by molar-refractivity contribution is -0.118. The molecule has 0 aliphatic heterocycles. The molecule has 0 heterocycles. The zero-order valence-corrected chi connectivity index (χ0v) is 16.2. The maximum Gasteiger partial charge on any atom is 0.408 e. The van der Waals surface area contributed by atoms with Crippen molar-refractivity contribution in [3.63, 3.8) is 0 Å². The number of amides is 2. The van der Waals surface area contributed by atoms with Crippen molar-refractivity contribution in [3.8, 4) is 5.75 Å². The molecule has 0 radical (unpaired) electrons. The van der Waals surface area contributed by atoms with Gasteiger partial charge < -0.3 is 15.6 Å². The zero-order chi connectivity index (χ0) is 18.5. The van der Waals surface area contributed by atoms with Crippen molar-refractivity contribution in [2.45, 2.75) is 45.2 Å². The first-order chi connectivity index (χ1) is 11.0. The van der Waals surface area contributed by atoms with E-state index in [0.717, 1.165) is 0 Å². The monoisotopic (exact) mass is 420 g/mol. The molecule has 8 heteroatoms. The van der Waals surface area contributed by atoms with Gasteiger partial charge in [-0.15, -0.1) is 0 Å². The van der Waals surface area contributed by atoms with Crippen molar-refractivity contribution in [1.82, 2.24) is 4.90 Å². The Bertz CT molecular complexity index is 604. The van der Waals surface area contributed by atoms with Crippen LogP contribution in [0.4, 0.5) is 4.79 Å². The van der Waals surface area contributed by atoms with Crippen molar-refractivity contribution in [3.05, 3.63) is 27.7 Å². The number of benzene rings is 1. The van der Waals surface area contributed by atoms with Crippen LogP contribution in [0.15, 0.2) is 22.7 Å². The number of primary amides is 1. The van der Waals surface area contributed by atoms with E-state index in [1.54, 1.807) is 39.0 Å². The zero-order valence-electron chi connectivity index (χ0n) is 13.9. The second-order valence-electron chi connectivity index (χ2n) is 6.35. The summed E-state index contributed by atoms with van der Waals surface area (Å²) in [5.74, 6) is -0.0471. The summed E-state index contributed by atoms with van der Waals surface area (Å²) in [5.41, 5.74) is 4.55. The number of carbonyl (C=O) groups excluding carboxylic acids is 1. The van der Waals surface area contributed by atoms with Gasteiger partial charge in [-0.1, -0.05) is 17.7 Å². The van der Waals surface area contributed by atoms with Gasteiger partial charge in [0.15, 0.2) is 0 Å². The number of rotatable bonds is 7. The van der Waals surface area contributed by atoms with E-state index in [1.165, 1.54) is 4.90 Å². The minimum Gasteiger partial charge on any atom is -0.490 e. The Morgan fingerprint density at radius 3 is 2.54 bits per heavy atom. The lowest BCUT2D eigenvalue weighted by atomic mass is 10.0. The Kier molecular flexibility index (Phi) is 7.35. The standard InChI is InChI=1S/C16H22BrClN2O4/c1-16(2,3)20(15(22)23)10(7-8-13(19)21)9-24-12-6-4-5-11(17)14(12)18/h4-6,10H,7-9H2,1-3H3,(H2,19,21)(H,22,23)/t10-/m0/s1. The molecule has 24 heavy (non-hydrogen) atoms. The molecule has 0 fully saturated rings. The van der Waals surface area contributed by atoms with Gasteiger partial charge in [-0.25, -0.2) is 4.79 Å². The first kappa shape index (κ1) is 20.6. The fourth-order valence-corrected chi connectivity index (χ4v) is 2.90. The average Bonchev–Trinajstić information content (AvgIpc) is 2.43. The third-order valence-corrected chi connectivity index (χ3v) is 4.64. The Morgan fingerprint density at radius 2 is 2.04 bits per heavy atom. The highest BCUT2D eigenvalue weighted by Gasteiger charge is 2.33. The van der Waals surface area contributed by atoms with Crippen molar-refractivity contribution >= 4 is 39.5 Å². The smallest absolute Gasteiger partial charge is 0.408 e. The number of carboxylic acid groups (broad SMARTS) is 1. The van der Waals surface area contributed by atoms with Crippen molar-refractivity contribution in [2.75, 3.05) is 6.61 Å². The lowest BCUT2D eigenvalue weighted by Gasteiger charge is -2.39. The maximum atomic E-state index is 11.7. The molecule has 134 valence electrons. The van der Waals surface area contributed by atoms with E-state index in [-0.39, 0.29) is 19.4 Å². The molecule has 0 saturated heterocycles. The molecule has 6 nitrogen and oxygen atoms in total. The van der Waals surface area contributed by atoms with Gasteiger partial charge in [0.05, 0.1) is 11.1 Å². The molecule has 0 spiro atoms. The Hall–Kier alpha value is -1.47. The van der Waals surface area contributed by atoms with Gasteiger partial charge in [0.2, 0.25) is 5.91 Å². The van der Waals surface area contributed by atoms with Gasteiger partial charge >= 0.3 is 6.09 Å². The van der Waals surface area contributed by atoms with Gasteiger partial charge in [0.1, 0.15) is 12.4 Å². The number of nitrogens with two attached hydrogens (primary N) is 1. The molecule has 0 aliphatic rings. The van der Waals surface area contributed by atoms with E-state index in [0.29, 0.717) is 15.2 Å². The molecule has 1 atom stereocenters. The van der Waals surface area contributed by atoms with E-state index < -0.39 is 23.6 Å². The maximum absolute atomic E-state index is 11.7. The third kappa shape index (κ3) is 5.87. The molecular formula is C16H22BrClN2O4. The molecule has 0 saturated carbocycles. The topological polar surface area (TPSA) is 92.9 Å². The van der Waals surface area contributed by atoms with E-state index in [4.69, 9.17) is 22.1 Å². The van der Waals surface area contributed by atoms with Gasteiger partial charge in [0, 0.05) is 16.4 Å². The highest BCUT2D eigenvalue weighted by molar-refractivity contribution is 9.10. The van der Waals surface area contributed by atoms with Crippen LogP contribution in [0.3, 0.4) is 0 Å². The van der Waals surface area contributed by atoms with Gasteiger partial charge in [-0.3, -0.25) is 9.69 Å². The van der Waals surface area contributed by atoms with E-state index in [1.807, 2.05) is 0 Å². The first-order valence-electron chi connectivity index (χ1n) is 7.41. The Labute approximate surface area is 155 Å². The third-order valence-electron chi connectivity index (χ3n) is 3.37.